The van der Waals surface area contributed by atoms with E-state index in [0.29, 0.717) is 5.41 Å². The van der Waals surface area contributed by atoms with E-state index >= 15 is 0 Å². The van der Waals surface area contributed by atoms with Gasteiger partial charge in [-0.1, -0.05) is 55.9 Å². The Morgan fingerprint density at radius 1 is 1.26 bits per heavy atom. The first kappa shape index (κ1) is 18.8. The summed E-state index contributed by atoms with van der Waals surface area (Å²) < 4.78 is 5.32. The van der Waals surface area contributed by atoms with Crippen molar-refractivity contribution in [2.45, 2.75) is 51.0 Å². The van der Waals surface area contributed by atoms with Crippen LogP contribution in [0.3, 0.4) is 0 Å². The Balaban J connectivity index is 1.21. The van der Waals surface area contributed by atoms with Crippen LogP contribution in [-0.2, 0) is 9.53 Å². The molecule has 0 radical (unpaired) electrons. The second-order valence-electron chi connectivity index (χ2n) is 9.16. The van der Waals surface area contributed by atoms with Crippen LogP contribution < -0.4 is 0 Å². The zero-order valence-electron chi connectivity index (χ0n) is 16.3. The third-order valence-electron chi connectivity index (χ3n) is 7.14. The maximum absolute atomic E-state index is 12.3. The Morgan fingerprint density at radius 3 is 2.81 bits per heavy atom. The van der Waals surface area contributed by atoms with E-state index in [1.54, 1.807) is 0 Å². The van der Waals surface area contributed by atoms with E-state index in [-0.39, 0.29) is 30.8 Å². The van der Waals surface area contributed by atoms with Gasteiger partial charge >= 0.3 is 5.97 Å². The molecule has 4 rings (SSSR count). The van der Waals surface area contributed by atoms with E-state index in [1.807, 2.05) is 24.3 Å². The molecule has 4 aliphatic rings. The summed E-state index contributed by atoms with van der Waals surface area (Å²) in [5.41, 5.74) is -0.366. The molecule has 146 valence electrons. The van der Waals surface area contributed by atoms with Crippen molar-refractivity contribution in [2.75, 3.05) is 26.2 Å². The van der Waals surface area contributed by atoms with Crippen LogP contribution in [0.5, 0.6) is 0 Å². The lowest BCUT2D eigenvalue weighted by Crippen LogP contribution is -2.43. The third-order valence-corrected chi connectivity index (χ3v) is 7.14. The highest BCUT2D eigenvalue weighted by Crippen LogP contribution is 2.57. The van der Waals surface area contributed by atoms with Gasteiger partial charge in [-0.25, -0.2) is 0 Å². The minimum atomic E-state index is -0.914. The van der Waals surface area contributed by atoms with Crippen molar-refractivity contribution in [3.8, 4) is 11.8 Å². The molecule has 2 unspecified atom stereocenters. The standard InChI is InChI=1S/C23H31NO3/c1-22-15-20(22)16-24(17-22)12-6-7-13-27-21(25)14-19-10-4-5-11-23(19,26)18-8-2-3-9-18/h4-5,10-11,18-20,26H,2-3,8-9,12-17H2,1H3/t19?,20-,22+,23?/m1/s1. The predicted molar refractivity (Wildman–Crippen MR) is 105 cm³/mol. The Bertz CT molecular complexity index is 696. The molecule has 1 heterocycles. The van der Waals surface area contributed by atoms with Gasteiger partial charge in [-0.3, -0.25) is 9.69 Å². The Morgan fingerprint density at radius 2 is 2.07 bits per heavy atom. The number of carbonyl (C=O) groups excluding carboxylic acids is 1. The molecule has 3 fully saturated rings. The van der Waals surface area contributed by atoms with Crippen molar-refractivity contribution in [3.63, 3.8) is 0 Å². The molecule has 27 heavy (non-hydrogen) atoms. The van der Waals surface area contributed by atoms with Crippen molar-refractivity contribution < 1.29 is 14.6 Å². The number of aliphatic hydroxyl groups is 1. The number of piperidine rings is 1. The number of likely N-dealkylation sites (tertiary alicyclic amines) is 1. The van der Waals surface area contributed by atoms with E-state index in [0.717, 1.165) is 51.2 Å². The van der Waals surface area contributed by atoms with Crippen molar-refractivity contribution >= 4 is 5.97 Å². The monoisotopic (exact) mass is 369 g/mol. The van der Waals surface area contributed by atoms with Gasteiger partial charge in [0.2, 0.25) is 0 Å². The van der Waals surface area contributed by atoms with Gasteiger partial charge in [-0.15, -0.1) is 0 Å². The highest BCUT2D eigenvalue weighted by atomic mass is 16.5. The van der Waals surface area contributed by atoms with E-state index < -0.39 is 5.60 Å². The summed E-state index contributed by atoms with van der Waals surface area (Å²) in [4.78, 5) is 14.6. The predicted octanol–water partition coefficient (Wildman–Crippen LogP) is 2.93. The molecule has 0 aromatic heterocycles. The summed E-state index contributed by atoms with van der Waals surface area (Å²) in [6, 6.07) is 0. The summed E-state index contributed by atoms with van der Waals surface area (Å²) >= 11 is 0. The summed E-state index contributed by atoms with van der Waals surface area (Å²) in [5, 5.41) is 11.2. The van der Waals surface area contributed by atoms with Crippen LogP contribution in [0.1, 0.15) is 45.4 Å². The first-order valence-electron chi connectivity index (χ1n) is 10.4. The molecule has 0 spiro atoms. The van der Waals surface area contributed by atoms with Gasteiger partial charge in [0.25, 0.3) is 0 Å². The minimum absolute atomic E-state index is 0.140. The van der Waals surface area contributed by atoms with Gasteiger partial charge in [0, 0.05) is 19.0 Å². The van der Waals surface area contributed by atoms with Gasteiger partial charge in [0.1, 0.15) is 0 Å². The number of fused-ring (bicyclic) bond motifs is 1. The number of carbonyl (C=O) groups is 1. The average Bonchev–Trinajstić information content (AvgIpc) is 3.03. The molecule has 1 aliphatic heterocycles. The molecule has 0 amide bonds. The normalized spacial score (nSPS) is 37.7. The van der Waals surface area contributed by atoms with Crippen LogP contribution in [-0.4, -0.2) is 47.8 Å². The Hall–Kier alpha value is -1.57. The lowest BCUT2D eigenvalue weighted by Gasteiger charge is -2.38. The molecular weight excluding hydrogens is 338 g/mol. The summed E-state index contributed by atoms with van der Waals surface area (Å²) in [6.07, 6.45) is 13.6. The fourth-order valence-electron chi connectivity index (χ4n) is 5.31. The molecule has 0 aromatic rings. The van der Waals surface area contributed by atoms with Crippen LogP contribution in [0, 0.1) is 35.0 Å². The van der Waals surface area contributed by atoms with E-state index in [4.69, 9.17) is 4.74 Å². The van der Waals surface area contributed by atoms with Gasteiger partial charge in [-0.05, 0) is 36.5 Å². The topological polar surface area (TPSA) is 49.8 Å². The lowest BCUT2D eigenvalue weighted by atomic mass is 9.72. The third kappa shape index (κ3) is 4.00. The Kier molecular flexibility index (Phi) is 5.18. The number of nitrogens with zero attached hydrogens (tertiary/aromatic N) is 1. The van der Waals surface area contributed by atoms with Gasteiger partial charge < -0.3 is 9.84 Å². The maximum Gasteiger partial charge on any atom is 0.307 e. The van der Waals surface area contributed by atoms with Gasteiger partial charge in [0.05, 0.1) is 18.6 Å². The molecule has 3 aliphatic carbocycles. The number of rotatable bonds is 5. The summed E-state index contributed by atoms with van der Waals surface area (Å²) in [5.74, 6) is 6.73. The lowest BCUT2D eigenvalue weighted by molar-refractivity contribution is -0.145. The summed E-state index contributed by atoms with van der Waals surface area (Å²) in [6.45, 7) is 5.57. The van der Waals surface area contributed by atoms with Crippen LogP contribution in [0.4, 0.5) is 0 Å². The molecule has 4 atom stereocenters. The number of allylic oxidation sites excluding steroid dienone is 2. The zero-order chi connectivity index (χ0) is 18.9. The van der Waals surface area contributed by atoms with Crippen LogP contribution in [0.25, 0.3) is 0 Å². The fourth-order valence-corrected chi connectivity index (χ4v) is 5.31. The largest absolute Gasteiger partial charge is 0.452 e. The summed E-state index contributed by atoms with van der Waals surface area (Å²) in [7, 11) is 0. The molecule has 2 saturated carbocycles. The minimum Gasteiger partial charge on any atom is -0.452 e. The van der Waals surface area contributed by atoms with Crippen molar-refractivity contribution in [2.24, 2.45) is 23.2 Å². The van der Waals surface area contributed by atoms with Crippen LogP contribution in [0.15, 0.2) is 24.3 Å². The highest BCUT2D eigenvalue weighted by molar-refractivity contribution is 5.70. The fraction of sp³-hybridized carbons (Fsp3) is 0.696. The first-order chi connectivity index (χ1) is 13.0. The molecule has 0 bridgehead atoms. The molecular formula is C23H31NO3. The van der Waals surface area contributed by atoms with Crippen molar-refractivity contribution in [3.05, 3.63) is 24.3 Å². The number of hydrogen-bond donors (Lipinski definition) is 1. The van der Waals surface area contributed by atoms with Crippen LogP contribution >= 0.6 is 0 Å². The first-order valence-corrected chi connectivity index (χ1v) is 10.4. The quantitative estimate of drug-likeness (QED) is 0.598. The molecule has 0 aromatic carbocycles. The van der Waals surface area contributed by atoms with Crippen LogP contribution in [0.2, 0.25) is 0 Å². The van der Waals surface area contributed by atoms with E-state index in [9.17, 15) is 9.90 Å². The number of esters is 1. The second kappa shape index (κ2) is 7.45. The molecule has 4 nitrogen and oxygen atoms in total. The SMILES string of the molecule is C[C@@]12C[C@@H]1CN(CC#CCOC(=O)CC1C=CC=CC1(O)C1CCCC1)C2. The smallest absolute Gasteiger partial charge is 0.307 e. The van der Waals surface area contributed by atoms with Crippen molar-refractivity contribution in [1.82, 2.24) is 4.90 Å². The molecule has 1 N–H and O–H groups in total. The maximum atomic E-state index is 12.3. The van der Waals surface area contributed by atoms with Gasteiger partial charge in [0.15, 0.2) is 6.61 Å². The highest BCUT2D eigenvalue weighted by Gasteiger charge is 2.55. The van der Waals surface area contributed by atoms with Crippen molar-refractivity contribution in [1.29, 1.82) is 0 Å². The molecule has 1 saturated heterocycles. The van der Waals surface area contributed by atoms with E-state index in [2.05, 4.69) is 23.7 Å². The zero-order valence-corrected chi connectivity index (χ0v) is 16.3. The number of hydrogen-bond acceptors (Lipinski definition) is 4. The average molecular weight is 370 g/mol. The second-order valence-corrected chi connectivity index (χ2v) is 9.16. The number of ether oxygens (including phenoxy) is 1. The molecule has 4 heteroatoms. The Labute approximate surface area is 162 Å². The van der Waals surface area contributed by atoms with E-state index in [1.165, 1.54) is 6.42 Å². The van der Waals surface area contributed by atoms with Gasteiger partial charge in [-0.2, -0.15) is 0 Å².